The van der Waals surface area contributed by atoms with Crippen LogP contribution in [0.1, 0.15) is 51.7 Å². The van der Waals surface area contributed by atoms with Gasteiger partial charge >= 0.3 is 6.18 Å². The Labute approximate surface area is 237 Å². The van der Waals surface area contributed by atoms with Gasteiger partial charge in [0.25, 0.3) is 0 Å². The molecule has 0 spiro atoms. The van der Waals surface area contributed by atoms with Crippen molar-refractivity contribution >= 4 is 50.7 Å². The highest BCUT2D eigenvalue weighted by molar-refractivity contribution is 7.92. The molecule has 0 heterocycles. The minimum absolute atomic E-state index is 0.0133. The van der Waals surface area contributed by atoms with Gasteiger partial charge in [0.2, 0.25) is 21.8 Å². The predicted octanol–water partition coefficient (Wildman–Crippen LogP) is 5.89. The number of sulfonamides is 1. The molecule has 1 unspecified atom stereocenters. The highest BCUT2D eigenvalue weighted by Crippen LogP contribution is 2.32. The predicted molar refractivity (Wildman–Crippen MR) is 147 cm³/mol. The second-order valence-electron chi connectivity index (χ2n) is 10.2. The first-order chi connectivity index (χ1) is 17.8. The molecule has 1 atom stereocenters. The van der Waals surface area contributed by atoms with Crippen LogP contribution in [0, 0.1) is 0 Å². The van der Waals surface area contributed by atoms with Crippen LogP contribution in [0.15, 0.2) is 42.5 Å². The summed E-state index contributed by atoms with van der Waals surface area (Å²) in [7, 11) is -3.96. The lowest BCUT2D eigenvalue weighted by atomic mass is 10.1. The number of nitrogens with zero attached hydrogens (tertiary/aromatic N) is 2. The molecule has 13 heteroatoms. The maximum absolute atomic E-state index is 13.4. The van der Waals surface area contributed by atoms with Crippen molar-refractivity contribution in [1.82, 2.24) is 10.2 Å². The van der Waals surface area contributed by atoms with Crippen molar-refractivity contribution in [1.29, 1.82) is 0 Å². The summed E-state index contributed by atoms with van der Waals surface area (Å²) in [5.41, 5.74) is -1.16. The summed E-state index contributed by atoms with van der Waals surface area (Å²) in [5.74, 6) is -0.863. The Morgan fingerprint density at radius 1 is 1.05 bits per heavy atom. The monoisotopic (exact) mass is 609 g/mol. The third-order valence-corrected chi connectivity index (χ3v) is 7.42. The molecule has 0 bridgehead atoms. The molecule has 2 rings (SSSR count). The lowest BCUT2D eigenvalue weighted by molar-refractivity contribution is -0.141. The summed E-state index contributed by atoms with van der Waals surface area (Å²) < 4.78 is 65.2. The maximum Gasteiger partial charge on any atom is 0.416 e. The quantitative estimate of drug-likeness (QED) is 0.364. The lowest BCUT2D eigenvalue weighted by Gasteiger charge is -2.32. The number of carbonyl (C=O) groups is 2. The minimum Gasteiger partial charge on any atom is -0.350 e. The molecule has 0 aliphatic carbocycles. The normalized spacial score (nSPS) is 13.1. The second-order valence-corrected chi connectivity index (χ2v) is 12.9. The largest absolute Gasteiger partial charge is 0.416 e. The van der Waals surface area contributed by atoms with Crippen LogP contribution in [0.5, 0.6) is 0 Å². The average Bonchev–Trinajstić information content (AvgIpc) is 2.78. The van der Waals surface area contributed by atoms with Crippen LogP contribution in [0.3, 0.4) is 0 Å². The van der Waals surface area contributed by atoms with Crippen molar-refractivity contribution in [2.24, 2.45) is 0 Å². The van der Waals surface area contributed by atoms with Gasteiger partial charge < -0.3 is 10.2 Å². The molecule has 0 aliphatic rings. The SMILES string of the molecule is CC(C(=O)NC(C)(C)C)N(Cc1ccc(Cl)cc1Cl)C(=O)CCCN(c1cccc(C(F)(F)F)c1)S(C)(=O)=O. The van der Waals surface area contributed by atoms with Crippen LogP contribution in [-0.4, -0.2) is 49.5 Å². The molecule has 0 radical (unpaired) electrons. The minimum atomic E-state index is -4.65. The molecule has 216 valence electrons. The van der Waals surface area contributed by atoms with Crippen molar-refractivity contribution in [2.45, 2.75) is 64.8 Å². The van der Waals surface area contributed by atoms with E-state index in [1.165, 1.54) is 17.0 Å². The van der Waals surface area contributed by atoms with E-state index in [0.717, 1.165) is 28.8 Å². The molecular formula is C26H32Cl2F3N3O4S. The first-order valence-electron chi connectivity index (χ1n) is 12.0. The van der Waals surface area contributed by atoms with E-state index in [1.807, 2.05) is 0 Å². The van der Waals surface area contributed by atoms with Gasteiger partial charge in [-0.15, -0.1) is 0 Å². The Balaban J connectivity index is 2.27. The van der Waals surface area contributed by atoms with Gasteiger partial charge in [-0.25, -0.2) is 8.42 Å². The molecule has 1 N–H and O–H groups in total. The van der Waals surface area contributed by atoms with Crippen molar-refractivity contribution in [3.63, 3.8) is 0 Å². The van der Waals surface area contributed by atoms with Crippen LogP contribution >= 0.6 is 23.2 Å². The summed E-state index contributed by atoms with van der Waals surface area (Å²) in [4.78, 5) is 27.6. The number of hydrogen-bond acceptors (Lipinski definition) is 4. The smallest absolute Gasteiger partial charge is 0.350 e. The van der Waals surface area contributed by atoms with Gasteiger partial charge in [-0.05, 0) is 70.0 Å². The fourth-order valence-corrected chi connectivity index (χ4v) is 5.16. The van der Waals surface area contributed by atoms with Crippen LogP contribution in [0.4, 0.5) is 18.9 Å². The van der Waals surface area contributed by atoms with E-state index < -0.39 is 45.2 Å². The molecule has 2 amide bonds. The number of anilines is 1. The van der Waals surface area contributed by atoms with Crippen LogP contribution in [-0.2, 0) is 32.3 Å². The first-order valence-corrected chi connectivity index (χ1v) is 14.6. The summed E-state index contributed by atoms with van der Waals surface area (Å²) in [5, 5.41) is 3.53. The van der Waals surface area contributed by atoms with E-state index in [2.05, 4.69) is 5.32 Å². The van der Waals surface area contributed by atoms with Crippen LogP contribution in [0.2, 0.25) is 10.0 Å². The molecule has 0 fully saturated rings. The highest BCUT2D eigenvalue weighted by atomic mass is 35.5. The third kappa shape index (κ3) is 9.88. The Morgan fingerprint density at radius 3 is 2.23 bits per heavy atom. The van der Waals surface area contributed by atoms with E-state index >= 15 is 0 Å². The number of amides is 2. The lowest BCUT2D eigenvalue weighted by Crippen LogP contribution is -2.52. The van der Waals surface area contributed by atoms with Gasteiger partial charge in [0.1, 0.15) is 6.04 Å². The molecule has 0 saturated heterocycles. The van der Waals surface area contributed by atoms with Gasteiger partial charge in [0.05, 0.1) is 17.5 Å². The van der Waals surface area contributed by atoms with E-state index in [9.17, 15) is 31.2 Å². The molecule has 39 heavy (non-hydrogen) atoms. The Morgan fingerprint density at radius 2 is 1.69 bits per heavy atom. The Hall–Kier alpha value is -2.50. The number of hydrogen-bond donors (Lipinski definition) is 1. The topological polar surface area (TPSA) is 86.8 Å². The van der Waals surface area contributed by atoms with Crippen molar-refractivity contribution in [3.05, 3.63) is 63.6 Å². The fraction of sp³-hybridized carbons (Fsp3) is 0.462. The molecule has 0 aromatic heterocycles. The zero-order valence-corrected chi connectivity index (χ0v) is 24.6. The second kappa shape index (κ2) is 12.8. The van der Waals surface area contributed by atoms with Crippen molar-refractivity contribution in [2.75, 3.05) is 17.1 Å². The molecule has 0 saturated carbocycles. The number of carbonyl (C=O) groups excluding carboxylic acids is 2. The van der Waals surface area contributed by atoms with E-state index in [4.69, 9.17) is 23.2 Å². The van der Waals surface area contributed by atoms with Crippen LogP contribution < -0.4 is 9.62 Å². The summed E-state index contributed by atoms with van der Waals surface area (Å²) in [6, 6.07) is 7.81. The Bertz CT molecular complexity index is 1300. The zero-order chi connectivity index (χ0) is 29.8. The van der Waals surface area contributed by atoms with Gasteiger partial charge in [0.15, 0.2) is 0 Å². The fourth-order valence-electron chi connectivity index (χ4n) is 3.73. The maximum atomic E-state index is 13.4. The van der Waals surface area contributed by atoms with Crippen molar-refractivity contribution < 1.29 is 31.2 Å². The summed E-state index contributed by atoms with van der Waals surface area (Å²) >= 11 is 12.3. The Kier molecular flexibility index (Phi) is 10.7. The average molecular weight is 611 g/mol. The van der Waals surface area contributed by atoms with E-state index in [-0.39, 0.29) is 31.6 Å². The molecule has 0 aliphatic heterocycles. The standard InChI is InChI=1S/C26H32Cl2F3N3O4S/c1-17(24(36)32-25(2,3)4)33(16-18-11-12-20(27)15-22(18)28)23(35)10-7-13-34(39(5,37)38)21-9-6-8-19(14-21)26(29,30)31/h6,8-9,11-12,14-15,17H,7,10,13,16H2,1-5H3,(H,32,36). The first kappa shape index (κ1) is 32.7. The molecule has 2 aromatic rings. The zero-order valence-electron chi connectivity index (χ0n) is 22.3. The van der Waals surface area contributed by atoms with E-state index in [0.29, 0.717) is 15.6 Å². The summed E-state index contributed by atoms with van der Waals surface area (Å²) in [6.07, 6.45) is -3.96. The van der Waals surface area contributed by atoms with Crippen molar-refractivity contribution in [3.8, 4) is 0 Å². The number of rotatable bonds is 10. The van der Waals surface area contributed by atoms with E-state index in [1.54, 1.807) is 39.8 Å². The van der Waals surface area contributed by atoms with Gasteiger partial charge in [0, 0.05) is 35.1 Å². The van der Waals surface area contributed by atoms with Gasteiger partial charge in [-0.3, -0.25) is 13.9 Å². The molecule has 2 aromatic carbocycles. The number of benzene rings is 2. The highest BCUT2D eigenvalue weighted by Gasteiger charge is 2.32. The number of nitrogens with one attached hydrogen (secondary N) is 1. The van der Waals surface area contributed by atoms with Gasteiger partial charge in [-0.1, -0.05) is 35.3 Å². The number of halogens is 5. The van der Waals surface area contributed by atoms with Gasteiger partial charge in [-0.2, -0.15) is 13.2 Å². The van der Waals surface area contributed by atoms with Crippen LogP contribution in [0.25, 0.3) is 0 Å². The molecule has 7 nitrogen and oxygen atoms in total. The third-order valence-electron chi connectivity index (χ3n) is 5.63. The summed E-state index contributed by atoms with van der Waals surface area (Å²) in [6.45, 7) is 6.70. The number of alkyl halides is 3. The molecular weight excluding hydrogens is 578 g/mol.